The third kappa shape index (κ3) is 4.53. The molecule has 1 aliphatic rings. The molecule has 2 atom stereocenters. The van der Waals surface area contributed by atoms with Crippen molar-refractivity contribution >= 4 is 23.2 Å². The van der Waals surface area contributed by atoms with Crippen molar-refractivity contribution < 1.29 is 9.53 Å². The summed E-state index contributed by atoms with van der Waals surface area (Å²) in [5.74, 6) is 0.954. The monoisotopic (exact) mass is 358 g/mol. The molecule has 2 aromatic carbocycles. The van der Waals surface area contributed by atoms with Crippen LogP contribution in [0.1, 0.15) is 24.8 Å². The number of hydrogen-bond acceptors (Lipinski definition) is 3. The van der Waals surface area contributed by atoms with Crippen LogP contribution in [0.25, 0.3) is 0 Å². The van der Waals surface area contributed by atoms with Crippen LogP contribution in [0, 0.1) is 11.8 Å². The van der Waals surface area contributed by atoms with E-state index in [1.54, 1.807) is 0 Å². The molecule has 5 heteroatoms. The maximum absolute atomic E-state index is 12.6. The molecular weight excluding hydrogens is 336 g/mol. The van der Waals surface area contributed by atoms with Crippen molar-refractivity contribution in [2.75, 3.05) is 11.9 Å². The number of nitrogens with two attached hydrogens (primary N) is 1. The Morgan fingerprint density at radius 3 is 2.84 bits per heavy atom. The second-order valence-electron chi connectivity index (χ2n) is 6.44. The Morgan fingerprint density at radius 2 is 2.04 bits per heavy atom. The van der Waals surface area contributed by atoms with Gasteiger partial charge in [-0.15, -0.1) is 0 Å². The highest BCUT2D eigenvalue weighted by Gasteiger charge is 2.32. The van der Waals surface area contributed by atoms with Gasteiger partial charge >= 0.3 is 0 Å². The second kappa shape index (κ2) is 8.37. The molecule has 2 aromatic rings. The van der Waals surface area contributed by atoms with Crippen LogP contribution in [0.2, 0.25) is 5.02 Å². The van der Waals surface area contributed by atoms with Crippen molar-refractivity contribution in [1.29, 1.82) is 0 Å². The summed E-state index contributed by atoms with van der Waals surface area (Å²) in [6.07, 6.45) is 2.99. The minimum Gasteiger partial charge on any atom is -0.487 e. The molecule has 1 saturated carbocycles. The zero-order chi connectivity index (χ0) is 17.6. The first-order chi connectivity index (χ1) is 12.2. The van der Waals surface area contributed by atoms with Gasteiger partial charge < -0.3 is 15.8 Å². The number of ether oxygens (including phenoxy) is 1. The van der Waals surface area contributed by atoms with Gasteiger partial charge in [0.15, 0.2) is 0 Å². The molecule has 0 heterocycles. The summed E-state index contributed by atoms with van der Waals surface area (Å²) < 4.78 is 5.90. The third-order valence-corrected chi connectivity index (χ3v) is 4.96. The van der Waals surface area contributed by atoms with Crippen molar-refractivity contribution in [3.63, 3.8) is 0 Å². The van der Waals surface area contributed by atoms with Crippen LogP contribution in [-0.4, -0.2) is 12.5 Å². The highest BCUT2D eigenvalue weighted by atomic mass is 35.5. The molecule has 0 aliphatic heterocycles. The van der Waals surface area contributed by atoms with E-state index in [2.05, 4.69) is 5.32 Å². The average Bonchev–Trinajstić information content (AvgIpc) is 3.10. The van der Waals surface area contributed by atoms with Crippen molar-refractivity contribution in [1.82, 2.24) is 0 Å². The first-order valence-electron chi connectivity index (χ1n) is 8.64. The van der Waals surface area contributed by atoms with Gasteiger partial charge in [-0.05, 0) is 55.1 Å². The standard InChI is InChI=1S/C20H23ClN2O2/c21-16-7-3-5-14(11-16)13-25-19-10-2-1-9-18(19)23-20(24)17-8-4-6-15(17)12-22/h1-3,5,7,9-11,15,17H,4,6,8,12-13,22H2,(H,23,24)/t15-,17-/m1/s1. The van der Waals surface area contributed by atoms with Gasteiger partial charge in [-0.3, -0.25) is 4.79 Å². The van der Waals surface area contributed by atoms with E-state index in [0.717, 1.165) is 24.8 Å². The topological polar surface area (TPSA) is 64.4 Å². The summed E-state index contributed by atoms with van der Waals surface area (Å²) in [6.45, 7) is 0.952. The summed E-state index contributed by atoms with van der Waals surface area (Å²) in [4.78, 5) is 12.6. The summed E-state index contributed by atoms with van der Waals surface area (Å²) in [6, 6.07) is 15.0. The van der Waals surface area contributed by atoms with E-state index in [4.69, 9.17) is 22.1 Å². The summed E-state index contributed by atoms with van der Waals surface area (Å²) in [5.41, 5.74) is 7.47. The highest BCUT2D eigenvalue weighted by molar-refractivity contribution is 6.30. The number of carbonyl (C=O) groups is 1. The van der Waals surface area contributed by atoms with Crippen LogP contribution < -0.4 is 15.8 Å². The maximum Gasteiger partial charge on any atom is 0.227 e. The Bertz CT molecular complexity index is 735. The van der Waals surface area contributed by atoms with Crippen LogP contribution in [0.3, 0.4) is 0 Å². The molecule has 0 spiro atoms. The number of anilines is 1. The van der Waals surface area contributed by atoms with Gasteiger partial charge in [-0.1, -0.05) is 42.3 Å². The van der Waals surface area contributed by atoms with Crippen molar-refractivity contribution in [3.05, 3.63) is 59.1 Å². The Labute approximate surface area is 153 Å². The minimum atomic E-state index is -0.00835. The molecule has 0 unspecified atom stereocenters. The lowest BCUT2D eigenvalue weighted by Crippen LogP contribution is -2.29. The van der Waals surface area contributed by atoms with Crippen molar-refractivity contribution in [3.8, 4) is 5.75 Å². The summed E-state index contributed by atoms with van der Waals surface area (Å²) in [7, 11) is 0. The summed E-state index contributed by atoms with van der Waals surface area (Å²) >= 11 is 6.00. The molecule has 1 aliphatic carbocycles. The summed E-state index contributed by atoms with van der Waals surface area (Å²) in [5, 5.41) is 3.70. The smallest absolute Gasteiger partial charge is 0.227 e. The van der Waals surface area contributed by atoms with E-state index in [1.165, 1.54) is 0 Å². The molecule has 0 bridgehead atoms. The molecule has 0 radical (unpaired) electrons. The molecule has 1 amide bonds. The van der Waals surface area contributed by atoms with Crippen LogP contribution in [0.5, 0.6) is 5.75 Å². The van der Waals surface area contributed by atoms with Crippen LogP contribution in [0.4, 0.5) is 5.69 Å². The van der Waals surface area contributed by atoms with E-state index < -0.39 is 0 Å². The normalized spacial score (nSPS) is 19.6. The fourth-order valence-corrected chi connectivity index (χ4v) is 3.59. The zero-order valence-electron chi connectivity index (χ0n) is 14.1. The lowest BCUT2D eigenvalue weighted by atomic mass is 9.95. The second-order valence-corrected chi connectivity index (χ2v) is 6.87. The Morgan fingerprint density at radius 1 is 1.20 bits per heavy atom. The SMILES string of the molecule is NC[C@H]1CCC[C@H]1C(=O)Nc1ccccc1OCc1cccc(Cl)c1. The van der Waals surface area contributed by atoms with Crippen LogP contribution in [0.15, 0.2) is 48.5 Å². The van der Waals surface area contributed by atoms with Gasteiger partial charge in [0.25, 0.3) is 0 Å². The predicted octanol–water partition coefficient (Wildman–Crippen LogP) is 4.23. The van der Waals surface area contributed by atoms with E-state index in [-0.39, 0.29) is 17.7 Å². The minimum absolute atomic E-state index is 0.00835. The van der Waals surface area contributed by atoms with Crippen LogP contribution >= 0.6 is 11.6 Å². The van der Waals surface area contributed by atoms with E-state index in [0.29, 0.717) is 29.6 Å². The van der Waals surface area contributed by atoms with Gasteiger partial charge in [0, 0.05) is 10.9 Å². The quantitative estimate of drug-likeness (QED) is 0.812. The number of hydrogen-bond donors (Lipinski definition) is 2. The van der Waals surface area contributed by atoms with E-state index in [1.807, 2.05) is 48.5 Å². The zero-order valence-corrected chi connectivity index (χ0v) is 14.8. The molecule has 1 fully saturated rings. The Kier molecular flexibility index (Phi) is 5.95. The molecule has 0 aromatic heterocycles. The van der Waals surface area contributed by atoms with Gasteiger partial charge in [-0.2, -0.15) is 0 Å². The fraction of sp³-hybridized carbons (Fsp3) is 0.350. The highest BCUT2D eigenvalue weighted by Crippen LogP contribution is 2.33. The van der Waals surface area contributed by atoms with Gasteiger partial charge in [0.05, 0.1) is 5.69 Å². The lowest BCUT2D eigenvalue weighted by Gasteiger charge is -2.19. The third-order valence-electron chi connectivity index (χ3n) is 4.73. The van der Waals surface area contributed by atoms with Gasteiger partial charge in [0.2, 0.25) is 5.91 Å². The number of rotatable bonds is 6. The molecular formula is C20H23ClN2O2. The molecule has 3 rings (SSSR count). The Hall–Kier alpha value is -2.04. The van der Waals surface area contributed by atoms with Crippen LogP contribution in [-0.2, 0) is 11.4 Å². The van der Waals surface area contributed by atoms with E-state index in [9.17, 15) is 4.79 Å². The number of para-hydroxylation sites is 2. The average molecular weight is 359 g/mol. The molecule has 25 heavy (non-hydrogen) atoms. The van der Waals surface area contributed by atoms with Gasteiger partial charge in [0.1, 0.15) is 12.4 Å². The number of benzene rings is 2. The number of halogens is 1. The molecule has 4 nitrogen and oxygen atoms in total. The van der Waals surface area contributed by atoms with Crippen molar-refractivity contribution in [2.45, 2.75) is 25.9 Å². The molecule has 132 valence electrons. The fourth-order valence-electron chi connectivity index (χ4n) is 3.37. The first kappa shape index (κ1) is 17.8. The van der Waals surface area contributed by atoms with Crippen molar-refractivity contribution in [2.24, 2.45) is 17.6 Å². The largest absolute Gasteiger partial charge is 0.487 e. The Balaban J connectivity index is 1.67. The number of amides is 1. The van der Waals surface area contributed by atoms with Gasteiger partial charge in [-0.25, -0.2) is 0 Å². The lowest BCUT2D eigenvalue weighted by molar-refractivity contribution is -0.120. The number of nitrogens with one attached hydrogen (secondary N) is 1. The molecule has 3 N–H and O–H groups in total. The first-order valence-corrected chi connectivity index (χ1v) is 9.02. The molecule has 0 saturated heterocycles. The maximum atomic E-state index is 12.6. The predicted molar refractivity (Wildman–Crippen MR) is 101 cm³/mol. The number of carbonyl (C=O) groups excluding carboxylic acids is 1. The van der Waals surface area contributed by atoms with E-state index >= 15 is 0 Å².